The van der Waals surface area contributed by atoms with E-state index in [1.165, 1.54) is 4.88 Å². The number of hydrogen-bond donors (Lipinski definition) is 2. The van der Waals surface area contributed by atoms with E-state index in [2.05, 4.69) is 23.6 Å². The van der Waals surface area contributed by atoms with E-state index in [0.717, 1.165) is 25.8 Å². The largest absolute Gasteiger partial charge is 0.347 e. The van der Waals surface area contributed by atoms with Crippen molar-refractivity contribution in [3.05, 3.63) is 22.4 Å². The first kappa shape index (κ1) is 12.6. The molecule has 1 saturated heterocycles. The van der Waals surface area contributed by atoms with Crippen LogP contribution in [0.25, 0.3) is 0 Å². The summed E-state index contributed by atoms with van der Waals surface area (Å²) in [7, 11) is 0. The SMILES string of the molecule is CCC1(C(=O)NC(C)c2cccs2)CCCN1. The first-order chi connectivity index (χ1) is 8.18. The molecule has 2 atom stereocenters. The van der Waals surface area contributed by atoms with Crippen molar-refractivity contribution in [1.82, 2.24) is 10.6 Å². The zero-order valence-corrected chi connectivity index (χ0v) is 11.3. The van der Waals surface area contributed by atoms with Crippen LogP contribution in [-0.2, 0) is 4.79 Å². The fourth-order valence-electron chi connectivity index (χ4n) is 2.41. The van der Waals surface area contributed by atoms with Gasteiger partial charge in [-0.15, -0.1) is 11.3 Å². The van der Waals surface area contributed by atoms with Crippen LogP contribution in [0, 0.1) is 0 Å². The van der Waals surface area contributed by atoms with Crippen LogP contribution in [0.2, 0.25) is 0 Å². The maximum atomic E-state index is 12.3. The monoisotopic (exact) mass is 252 g/mol. The lowest BCUT2D eigenvalue weighted by molar-refractivity contribution is -0.127. The molecule has 0 radical (unpaired) electrons. The summed E-state index contributed by atoms with van der Waals surface area (Å²) in [5.74, 6) is 0.151. The van der Waals surface area contributed by atoms with Gasteiger partial charge >= 0.3 is 0 Å². The molecule has 1 fully saturated rings. The molecule has 1 amide bonds. The third-order valence-electron chi connectivity index (χ3n) is 3.60. The second-order valence-corrected chi connectivity index (χ2v) is 5.66. The van der Waals surface area contributed by atoms with Crippen molar-refractivity contribution in [2.45, 2.75) is 44.7 Å². The number of nitrogens with one attached hydrogen (secondary N) is 2. The zero-order valence-electron chi connectivity index (χ0n) is 10.5. The second kappa shape index (κ2) is 5.19. The number of carbonyl (C=O) groups is 1. The Bertz CT molecular complexity index is 369. The van der Waals surface area contributed by atoms with Gasteiger partial charge in [-0.1, -0.05) is 13.0 Å². The first-order valence-corrected chi connectivity index (χ1v) is 7.15. The molecule has 2 unspecified atom stereocenters. The van der Waals surface area contributed by atoms with Gasteiger partial charge in [0, 0.05) is 4.88 Å². The van der Waals surface area contributed by atoms with Crippen molar-refractivity contribution in [3.8, 4) is 0 Å². The molecule has 2 heterocycles. The number of amides is 1. The average molecular weight is 252 g/mol. The molecule has 4 heteroatoms. The normalized spacial score (nSPS) is 25.8. The van der Waals surface area contributed by atoms with Crippen molar-refractivity contribution < 1.29 is 4.79 Å². The molecule has 0 aromatic carbocycles. The van der Waals surface area contributed by atoms with Gasteiger partial charge in [0.25, 0.3) is 0 Å². The molecule has 2 N–H and O–H groups in total. The summed E-state index contributed by atoms with van der Waals surface area (Å²) >= 11 is 1.69. The highest BCUT2D eigenvalue weighted by molar-refractivity contribution is 7.10. The van der Waals surface area contributed by atoms with E-state index in [1.54, 1.807) is 11.3 Å². The Morgan fingerprint density at radius 3 is 3.06 bits per heavy atom. The number of carbonyl (C=O) groups excluding carboxylic acids is 1. The van der Waals surface area contributed by atoms with Gasteiger partial charge in [0.15, 0.2) is 0 Å². The van der Waals surface area contributed by atoms with Gasteiger partial charge in [-0.25, -0.2) is 0 Å². The van der Waals surface area contributed by atoms with Crippen LogP contribution in [0.5, 0.6) is 0 Å². The molecule has 2 rings (SSSR count). The minimum atomic E-state index is -0.328. The van der Waals surface area contributed by atoms with Crippen LogP contribution in [0.4, 0.5) is 0 Å². The van der Waals surface area contributed by atoms with E-state index in [9.17, 15) is 4.79 Å². The predicted octanol–water partition coefficient (Wildman–Crippen LogP) is 2.46. The lowest BCUT2D eigenvalue weighted by Crippen LogP contribution is -2.53. The quantitative estimate of drug-likeness (QED) is 0.864. The van der Waals surface area contributed by atoms with E-state index in [0.29, 0.717) is 0 Å². The number of thiophene rings is 1. The minimum Gasteiger partial charge on any atom is -0.347 e. The lowest BCUT2D eigenvalue weighted by Gasteiger charge is -2.28. The number of hydrogen-bond acceptors (Lipinski definition) is 3. The Morgan fingerprint density at radius 2 is 2.53 bits per heavy atom. The Kier molecular flexibility index (Phi) is 3.84. The van der Waals surface area contributed by atoms with Gasteiger partial charge in [-0.05, 0) is 44.2 Å². The topological polar surface area (TPSA) is 41.1 Å². The van der Waals surface area contributed by atoms with Crippen LogP contribution in [0.3, 0.4) is 0 Å². The lowest BCUT2D eigenvalue weighted by atomic mass is 9.93. The minimum absolute atomic E-state index is 0.105. The first-order valence-electron chi connectivity index (χ1n) is 6.27. The molecular formula is C13H20N2OS. The molecule has 0 aliphatic carbocycles. The smallest absolute Gasteiger partial charge is 0.240 e. The maximum Gasteiger partial charge on any atom is 0.240 e. The molecule has 1 aliphatic rings. The molecule has 94 valence electrons. The summed E-state index contributed by atoms with van der Waals surface area (Å²) < 4.78 is 0. The molecular weight excluding hydrogens is 232 g/mol. The predicted molar refractivity (Wildman–Crippen MR) is 71.1 cm³/mol. The average Bonchev–Trinajstić information content (AvgIpc) is 3.01. The Morgan fingerprint density at radius 1 is 1.71 bits per heavy atom. The van der Waals surface area contributed by atoms with Gasteiger partial charge in [-0.3, -0.25) is 4.79 Å². The second-order valence-electron chi connectivity index (χ2n) is 4.68. The summed E-state index contributed by atoms with van der Waals surface area (Å²) in [5.41, 5.74) is -0.328. The van der Waals surface area contributed by atoms with Crippen molar-refractivity contribution >= 4 is 17.2 Å². The highest BCUT2D eigenvalue weighted by atomic mass is 32.1. The third kappa shape index (κ3) is 2.53. The molecule has 1 aliphatic heterocycles. The van der Waals surface area contributed by atoms with Crippen LogP contribution < -0.4 is 10.6 Å². The third-order valence-corrected chi connectivity index (χ3v) is 4.65. The fraction of sp³-hybridized carbons (Fsp3) is 0.615. The van der Waals surface area contributed by atoms with Crippen molar-refractivity contribution in [2.75, 3.05) is 6.54 Å². The number of rotatable bonds is 4. The van der Waals surface area contributed by atoms with E-state index in [-0.39, 0.29) is 17.5 Å². The van der Waals surface area contributed by atoms with Crippen LogP contribution in [0.1, 0.15) is 44.0 Å². The molecule has 1 aromatic heterocycles. The van der Waals surface area contributed by atoms with E-state index in [4.69, 9.17) is 0 Å². The summed E-state index contributed by atoms with van der Waals surface area (Å²) in [5, 5.41) is 8.53. The van der Waals surface area contributed by atoms with Gasteiger partial charge in [0.05, 0.1) is 11.6 Å². The highest BCUT2D eigenvalue weighted by Gasteiger charge is 2.39. The summed E-state index contributed by atoms with van der Waals surface area (Å²) in [6.45, 7) is 5.07. The summed E-state index contributed by atoms with van der Waals surface area (Å²) in [6.07, 6.45) is 2.90. The maximum absolute atomic E-state index is 12.3. The van der Waals surface area contributed by atoms with Gasteiger partial charge in [0.1, 0.15) is 0 Å². The van der Waals surface area contributed by atoms with Crippen LogP contribution >= 0.6 is 11.3 Å². The van der Waals surface area contributed by atoms with E-state index >= 15 is 0 Å². The summed E-state index contributed by atoms with van der Waals surface area (Å²) in [4.78, 5) is 13.5. The molecule has 0 saturated carbocycles. The van der Waals surface area contributed by atoms with E-state index in [1.807, 2.05) is 18.4 Å². The molecule has 17 heavy (non-hydrogen) atoms. The van der Waals surface area contributed by atoms with Crippen molar-refractivity contribution in [2.24, 2.45) is 0 Å². The molecule has 0 spiro atoms. The molecule has 0 bridgehead atoms. The highest BCUT2D eigenvalue weighted by Crippen LogP contribution is 2.25. The summed E-state index contributed by atoms with van der Waals surface area (Å²) in [6, 6.07) is 4.19. The Labute approximate surface area is 107 Å². The fourth-order valence-corrected chi connectivity index (χ4v) is 3.14. The van der Waals surface area contributed by atoms with Crippen molar-refractivity contribution in [1.29, 1.82) is 0 Å². The Hall–Kier alpha value is -0.870. The zero-order chi connectivity index (χ0) is 12.3. The van der Waals surface area contributed by atoms with Gasteiger partial charge < -0.3 is 10.6 Å². The Balaban J connectivity index is 2.01. The van der Waals surface area contributed by atoms with Gasteiger partial charge in [0.2, 0.25) is 5.91 Å². The van der Waals surface area contributed by atoms with Gasteiger partial charge in [-0.2, -0.15) is 0 Å². The van der Waals surface area contributed by atoms with Crippen molar-refractivity contribution in [3.63, 3.8) is 0 Å². The van der Waals surface area contributed by atoms with Crippen LogP contribution in [0.15, 0.2) is 17.5 Å². The van der Waals surface area contributed by atoms with Crippen LogP contribution in [-0.4, -0.2) is 18.0 Å². The molecule has 1 aromatic rings. The molecule has 3 nitrogen and oxygen atoms in total. The van der Waals surface area contributed by atoms with E-state index < -0.39 is 0 Å². The standard InChI is InChI=1S/C13H20N2OS/c1-3-13(7-5-8-14-13)12(16)15-10(2)11-6-4-9-17-11/h4,6,9-10,14H,3,5,7-8H2,1-2H3,(H,15,16).